The molecule has 0 aromatic heterocycles. The smallest absolute Gasteiger partial charge is 0.261 e. The molecule has 1 aliphatic carbocycles. The van der Waals surface area contributed by atoms with Crippen molar-refractivity contribution >= 4 is 23.1 Å². The van der Waals surface area contributed by atoms with Crippen LogP contribution in [0.4, 0.5) is 5.69 Å². The Bertz CT molecular complexity index is 993. The van der Waals surface area contributed by atoms with Gasteiger partial charge < -0.3 is 24.4 Å². The molecule has 2 aliphatic heterocycles. The highest BCUT2D eigenvalue weighted by Gasteiger charge is 2.53. The second-order valence-corrected chi connectivity index (χ2v) is 8.67. The third-order valence-electron chi connectivity index (χ3n) is 6.41. The molecule has 156 valence electrons. The summed E-state index contributed by atoms with van der Waals surface area (Å²) in [6, 6.07) is 14.0. The lowest BCUT2D eigenvalue weighted by Crippen LogP contribution is -2.44. The van der Waals surface area contributed by atoms with Crippen LogP contribution >= 0.6 is 12.2 Å². The number of thiocarbonyl (C=S) groups is 1. The van der Waals surface area contributed by atoms with E-state index in [9.17, 15) is 0 Å². The zero-order valence-corrected chi connectivity index (χ0v) is 18.1. The van der Waals surface area contributed by atoms with E-state index in [2.05, 4.69) is 35.5 Å². The van der Waals surface area contributed by atoms with E-state index in [1.165, 1.54) is 11.1 Å². The third kappa shape index (κ3) is 3.24. The van der Waals surface area contributed by atoms with Crippen LogP contribution in [0.25, 0.3) is 0 Å². The molecule has 3 atom stereocenters. The van der Waals surface area contributed by atoms with Crippen LogP contribution in [0.15, 0.2) is 54.6 Å². The number of ether oxygens (including phenoxy) is 3. The lowest BCUT2D eigenvalue weighted by atomic mass is 9.69. The molecule has 5 rings (SSSR count). The van der Waals surface area contributed by atoms with Gasteiger partial charge in [-0.05, 0) is 62.1 Å². The van der Waals surface area contributed by atoms with Crippen LogP contribution in [0.5, 0.6) is 11.5 Å². The van der Waals surface area contributed by atoms with Crippen LogP contribution in [0.3, 0.4) is 0 Å². The summed E-state index contributed by atoms with van der Waals surface area (Å²) in [4.78, 5) is 2.38. The minimum absolute atomic E-state index is 0.00331. The topological polar surface area (TPSA) is 43.0 Å². The van der Waals surface area contributed by atoms with Crippen molar-refractivity contribution in [2.45, 2.75) is 37.0 Å². The molecule has 2 heterocycles. The van der Waals surface area contributed by atoms with Gasteiger partial charge in [0, 0.05) is 24.2 Å². The zero-order valence-electron chi connectivity index (χ0n) is 17.3. The highest BCUT2D eigenvalue weighted by atomic mass is 32.1. The number of nitrogens with zero attached hydrogens (tertiary/aromatic N) is 1. The molecule has 3 aliphatic rings. The Hall–Kier alpha value is -2.57. The predicted molar refractivity (Wildman–Crippen MR) is 121 cm³/mol. The van der Waals surface area contributed by atoms with Gasteiger partial charge in [0.2, 0.25) is 0 Å². The molecule has 6 heteroatoms. The van der Waals surface area contributed by atoms with E-state index < -0.39 is 0 Å². The van der Waals surface area contributed by atoms with Gasteiger partial charge >= 0.3 is 0 Å². The van der Waals surface area contributed by atoms with Gasteiger partial charge in [0.1, 0.15) is 12.2 Å². The molecule has 0 saturated carbocycles. The first-order valence-electron chi connectivity index (χ1n) is 10.4. The summed E-state index contributed by atoms with van der Waals surface area (Å²) in [6.45, 7) is 1.93. The third-order valence-corrected chi connectivity index (χ3v) is 6.61. The van der Waals surface area contributed by atoms with Crippen LogP contribution in [-0.2, 0) is 16.7 Å². The second-order valence-electron chi connectivity index (χ2n) is 8.30. The van der Waals surface area contributed by atoms with Crippen molar-refractivity contribution in [1.29, 1.82) is 0 Å². The van der Waals surface area contributed by atoms with Gasteiger partial charge in [0.05, 0.1) is 12.5 Å². The lowest BCUT2D eigenvalue weighted by Gasteiger charge is -2.37. The van der Waals surface area contributed by atoms with E-state index in [4.69, 9.17) is 26.4 Å². The lowest BCUT2D eigenvalue weighted by molar-refractivity contribution is 0.0887. The molecular formula is C24H26N2O3S. The molecular weight excluding hydrogens is 396 g/mol. The summed E-state index contributed by atoms with van der Waals surface area (Å²) in [7, 11) is 3.88. The number of methoxy groups -OCH3 is 1. The fourth-order valence-electron chi connectivity index (χ4n) is 4.96. The fraction of sp³-hybridized carbons (Fsp3) is 0.375. The Morgan fingerprint density at radius 1 is 1.23 bits per heavy atom. The van der Waals surface area contributed by atoms with Gasteiger partial charge in [0.15, 0.2) is 11.5 Å². The Kier molecular flexibility index (Phi) is 4.91. The number of hydrogen-bond acceptors (Lipinski definition) is 5. The maximum Gasteiger partial charge on any atom is 0.261 e. The Morgan fingerprint density at radius 2 is 2.07 bits per heavy atom. The molecule has 0 amide bonds. The average Bonchev–Trinajstić information content (AvgIpc) is 3.00. The first-order chi connectivity index (χ1) is 14.6. The van der Waals surface area contributed by atoms with Gasteiger partial charge in [-0.3, -0.25) is 0 Å². The SMILES string of the molecule is COc1ccc2c3c1O[C@H]1C[C@H](OC(=S)Nc4ccccc4)C=C[C@@]31CCN(C)C2. The number of benzene rings is 2. The van der Waals surface area contributed by atoms with Crippen molar-refractivity contribution in [3.8, 4) is 11.5 Å². The van der Waals surface area contributed by atoms with Crippen LogP contribution in [0.1, 0.15) is 24.0 Å². The summed E-state index contributed by atoms with van der Waals surface area (Å²) in [5.41, 5.74) is 3.39. The molecule has 2 aromatic carbocycles. The molecule has 0 unspecified atom stereocenters. The van der Waals surface area contributed by atoms with Gasteiger partial charge in [-0.2, -0.15) is 0 Å². The molecule has 2 aromatic rings. The minimum atomic E-state index is -0.141. The highest BCUT2D eigenvalue weighted by Crippen LogP contribution is 2.55. The molecule has 30 heavy (non-hydrogen) atoms. The zero-order chi connectivity index (χ0) is 20.7. The average molecular weight is 423 g/mol. The molecule has 1 N–H and O–H groups in total. The van der Waals surface area contributed by atoms with E-state index >= 15 is 0 Å². The van der Waals surface area contributed by atoms with Crippen molar-refractivity contribution in [3.05, 3.63) is 65.7 Å². The molecule has 5 nitrogen and oxygen atoms in total. The second kappa shape index (κ2) is 7.60. The Balaban J connectivity index is 1.41. The first-order valence-corrected chi connectivity index (χ1v) is 10.8. The number of rotatable bonds is 3. The molecule has 0 saturated heterocycles. The maximum atomic E-state index is 6.53. The fourth-order valence-corrected chi connectivity index (χ4v) is 5.20. The van der Waals surface area contributed by atoms with Crippen LogP contribution in [-0.4, -0.2) is 43.0 Å². The van der Waals surface area contributed by atoms with Gasteiger partial charge in [-0.25, -0.2) is 0 Å². The van der Waals surface area contributed by atoms with Gasteiger partial charge in [-0.1, -0.05) is 30.3 Å². The van der Waals surface area contributed by atoms with E-state index in [0.717, 1.165) is 43.1 Å². The Morgan fingerprint density at radius 3 is 2.87 bits per heavy atom. The summed E-state index contributed by atoms with van der Waals surface area (Å²) in [5, 5.41) is 3.53. The van der Waals surface area contributed by atoms with Crippen LogP contribution < -0.4 is 14.8 Å². The van der Waals surface area contributed by atoms with Gasteiger partial charge in [0.25, 0.3) is 5.17 Å². The van der Waals surface area contributed by atoms with E-state index in [-0.39, 0.29) is 17.6 Å². The monoisotopic (exact) mass is 422 g/mol. The van der Waals surface area contributed by atoms with Crippen LogP contribution in [0, 0.1) is 0 Å². The van der Waals surface area contributed by atoms with Crippen molar-refractivity contribution in [3.63, 3.8) is 0 Å². The summed E-state index contributed by atoms with van der Waals surface area (Å²) >= 11 is 5.44. The largest absolute Gasteiger partial charge is 0.493 e. The molecule has 1 spiro atoms. The summed E-state index contributed by atoms with van der Waals surface area (Å²) in [6.07, 6.45) is 6.08. The van der Waals surface area contributed by atoms with Gasteiger partial charge in [-0.15, -0.1) is 0 Å². The standard InChI is InChI=1S/C24H26N2O3S/c1-26-13-12-24-11-10-18(28-23(30)25-17-6-4-3-5-7-17)14-20(24)29-22-19(27-2)9-8-16(15-26)21(22)24/h3-11,18,20H,12-15H2,1-2H3,(H,25,30)/t18-,20+,24+/m1/s1. The number of hydrogen-bond donors (Lipinski definition) is 1. The molecule has 0 radical (unpaired) electrons. The number of para-hydroxylation sites is 1. The van der Waals surface area contributed by atoms with Crippen molar-refractivity contribution < 1.29 is 14.2 Å². The normalized spacial score (nSPS) is 26.7. The van der Waals surface area contributed by atoms with Crippen molar-refractivity contribution in [2.75, 3.05) is 26.0 Å². The van der Waals surface area contributed by atoms with E-state index in [0.29, 0.717) is 5.17 Å². The molecule has 0 bridgehead atoms. The van der Waals surface area contributed by atoms with Crippen molar-refractivity contribution in [1.82, 2.24) is 4.90 Å². The number of anilines is 1. The minimum Gasteiger partial charge on any atom is -0.493 e. The molecule has 0 fully saturated rings. The van der Waals surface area contributed by atoms with E-state index in [1.807, 2.05) is 36.4 Å². The first kappa shape index (κ1) is 19.4. The van der Waals surface area contributed by atoms with Crippen LogP contribution in [0.2, 0.25) is 0 Å². The number of nitrogens with one attached hydrogen (secondary N) is 1. The summed E-state index contributed by atoms with van der Waals surface area (Å²) < 4.78 is 18.2. The highest BCUT2D eigenvalue weighted by molar-refractivity contribution is 7.80. The Labute approximate surface area is 182 Å². The maximum absolute atomic E-state index is 6.53. The predicted octanol–water partition coefficient (Wildman–Crippen LogP) is 4.27. The van der Waals surface area contributed by atoms with E-state index in [1.54, 1.807) is 7.11 Å². The quantitative estimate of drug-likeness (QED) is 0.589. The summed E-state index contributed by atoms with van der Waals surface area (Å²) in [5.74, 6) is 1.70. The van der Waals surface area contributed by atoms with Crippen molar-refractivity contribution in [2.24, 2.45) is 0 Å².